The summed E-state index contributed by atoms with van der Waals surface area (Å²) in [6.07, 6.45) is 11.7. The Labute approximate surface area is 155 Å². The van der Waals surface area contributed by atoms with E-state index in [4.69, 9.17) is 0 Å². The quantitative estimate of drug-likeness (QED) is 0.375. The van der Waals surface area contributed by atoms with Crippen molar-refractivity contribution in [2.24, 2.45) is 0 Å². The number of unbranched alkanes of at least 4 members (excludes halogenated alkanes) is 4. The lowest BCUT2D eigenvalue weighted by Gasteiger charge is -2.26. The Morgan fingerprint density at radius 2 is 1.44 bits per heavy atom. The topological polar surface area (TPSA) is 37.3 Å². The molecule has 0 saturated heterocycles. The third-order valence-electron chi connectivity index (χ3n) is 5.52. The van der Waals surface area contributed by atoms with Crippen molar-refractivity contribution in [1.82, 2.24) is 0 Å². The molecule has 0 spiro atoms. The van der Waals surface area contributed by atoms with Gasteiger partial charge in [-0.05, 0) is 54.7 Å². The van der Waals surface area contributed by atoms with Crippen molar-refractivity contribution in [2.45, 2.75) is 104 Å². The molecule has 0 aliphatic carbocycles. The Morgan fingerprint density at radius 1 is 0.880 bits per heavy atom. The summed E-state index contributed by atoms with van der Waals surface area (Å²) in [5.74, 6) is 0.0874. The summed E-state index contributed by atoms with van der Waals surface area (Å²) in [5, 5.41) is 9.77. The molecule has 2 nitrogen and oxygen atoms in total. The summed E-state index contributed by atoms with van der Waals surface area (Å²) in [5.41, 5.74) is 2.98. The van der Waals surface area contributed by atoms with Gasteiger partial charge in [0, 0.05) is 0 Å². The maximum atomic E-state index is 11.9. The van der Waals surface area contributed by atoms with Gasteiger partial charge in [-0.1, -0.05) is 78.4 Å². The molecule has 1 aromatic carbocycles. The fourth-order valence-corrected chi connectivity index (χ4v) is 3.99. The molecule has 0 amide bonds. The van der Waals surface area contributed by atoms with Crippen molar-refractivity contribution >= 4 is 5.97 Å². The minimum absolute atomic E-state index is 0.370. The SMILES string of the molecule is CCCCCC(CC)c1cccc(C(=O)O)c1C(CC)CCCCC. The molecular formula is C23H38O2. The first-order chi connectivity index (χ1) is 12.1. The fraction of sp³-hybridized carbons (Fsp3) is 0.696. The van der Waals surface area contributed by atoms with Gasteiger partial charge in [0.25, 0.3) is 0 Å². The molecule has 2 heteroatoms. The minimum Gasteiger partial charge on any atom is -0.478 e. The van der Waals surface area contributed by atoms with Crippen molar-refractivity contribution in [3.63, 3.8) is 0 Å². The van der Waals surface area contributed by atoms with Gasteiger partial charge in [-0.3, -0.25) is 0 Å². The minimum atomic E-state index is -0.769. The van der Waals surface area contributed by atoms with Gasteiger partial charge in [0.05, 0.1) is 5.56 Å². The average Bonchev–Trinajstić information content (AvgIpc) is 2.62. The molecule has 1 N–H and O–H groups in total. The normalized spacial score (nSPS) is 13.6. The van der Waals surface area contributed by atoms with Gasteiger partial charge in [0.15, 0.2) is 0 Å². The molecule has 0 heterocycles. The Kier molecular flexibility index (Phi) is 10.5. The number of rotatable bonds is 13. The molecule has 0 aromatic heterocycles. The largest absolute Gasteiger partial charge is 0.478 e. The van der Waals surface area contributed by atoms with E-state index in [1.807, 2.05) is 12.1 Å². The van der Waals surface area contributed by atoms with E-state index in [1.54, 1.807) is 0 Å². The molecule has 2 unspecified atom stereocenters. The van der Waals surface area contributed by atoms with Crippen molar-refractivity contribution < 1.29 is 9.90 Å². The van der Waals surface area contributed by atoms with E-state index >= 15 is 0 Å². The zero-order chi connectivity index (χ0) is 18.7. The molecule has 0 saturated carbocycles. The Hall–Kier alpha value is -1.31. The first-order valence-corrected chi connectivity index (χ1v) is 10.5. The highest BCUT2D eigenvalue weighted by Gasteiger charge is 2.24. The van der Waals surface area contributed by atoms with Crippen LogP contribution in [0.2, 0.25) is 0 Å². The Balaban J connectivity index is 3.21. The highest BCUT2D eigenvalue weighted by atomic mass is 16.4. The van der Waals surface area contributed by atoms with Crippen LogP contribution in [0.5, 0.6) is 0 Å². The number of aromatic carboxylic acids is 1. The van der Waals surface area contributed by atoms with Crippen molar-refractivity contribution in [3.8, 4) is 0 Å². The molecular weight excluding hydrogens is 308 g/mol. The van der Waals surface area contributed by atoms with Crippen molar-refractivity contribution in [1.29, 1.82) is 0 Å². The number of hydrogen-bond acceptors (Lipinski definition) is 1. The highest BCUT2D eigenvalue weighted by Crippen LogP contribution is 2.38. The van der Waals surface area contributed by atoms with E-state index in [9.17, 15) is 9.90 Å². The third-order valence-corrected chi connectivity index (χ3v) is 5.52. The van der Waals surface area contributed by atoms with Crippen LogP contribution in [0, 0.1) is 0 Å². The lowest BCUT2D eigenvalue weighted by atomic mass is 9.78. The number of benzene rings is 1. The van der Waals surface area contributed by atoms with Gasteiger partial charge >= 0.3 is 5.97 Å². The summed E-state index contributed by atoms with van der Waals surface area (Å²) in [7, 11) is 0. The average molecular weight is 347 g/mol. The van der Waals surface area contributed by atoms with E-state index in [0.29, 0.717) is 17.4 Å². The maximum Gasteiger partial charge on any atom is 0.335 e. The Bertz CT molecular complexity index is 507. The van der Waals surface area contributed by atoms with E-state index in [2.05, 4.69) is 33.8 Å². The van der Waals surface area contributed by atoms with Gasteiger partial charge in [-0.15, -0.1) is 0 Å². The zero-order valence-corrected chi connectivity index (χ0v) is 16.8. The molecule has 2 atom stereocenters. The van der Waals surface area contributed by atoms with Gasteiger partial charge in [-0.2, -0.15) is 0 Å². The molecule has 1 rings (SSSR count). The fourth-order valence-electron chi connectivity index (χ4n) is 3.99. The van der Waals surface area contributed by atoms with Crippen molar-refractivity contribution in [2.75, 3.05) is 0 Å². The lowest BCUT2D eigenvalue weighted by Crippen LogP contribution is -2.13. The summed E-state index contributed by atoms with van der Waals surface area (Å²) >= 11 is 0. The zero-order valence-electron chi connectivity index (χ0n) is 16.8. The monoisotopic (exact) mass is 346 g/mol. The van der Waals surface area contributed by atoms with E-state index in [-0.39, 0.29) is 0 Å². The van der Waals surface area contributed by atoms with Crippen LogP contribution in [0.15, 0.2) is 18.2 Å². The first kappa shape index (κ1) is 21.7. The second-order valence-electron chi connectivity index (χ2n) is 7.32. The third kappa shape index (κ3) is 6.49. The van der Waals surface area contributed by atoms with Crippen LogP contribution in [-0.4, -0.2) is 11.1 Å². The van der Waals surface area contributed by atoms with Gasteiger partial charge in [0.2, 0.25) is 0 Å². The second kappa shape index (κ2) is 12.1. The van der Waals surface area contributed by atoms with Crippen LogP contribution in [0.3, 0.4) is 0 Å². The molecule has 25 heavy (non-hydrogen) atoms. The number of carbonyl (C=O) groups is 1. The number of carboxylic acids is 1. The van der Waals surface area contributed by atoms with Crippen LogP contribution in [0.1, 0.15) is 125 Å². The predicted molar refractivity (Wildman–Crippen MR) is 108 cm³/mol. The van der Waals surface area contributed by atoms with E-state index < -0.39 is 5.97 Å². The van der Waals surface area contributed by atoms with E-state index in [1.165, 1.54) is 50.5 Å². The van der Waals surface area contributed by atoms with Gasteiger partial charge in [-0.25, -0.2) is 4.79 Å². The standard InChI is InChI=1S/C23H38O2/c1-5-9-11-14-18(7-3)20-16-13-17-21(23(24)25)22(20)19(8-4)15-12-10-6-2/h13,16-19H,5-12,14-15H2,1-4H3,(H,24,25). The highest BCUT2D eigenvalue weighted by molar-refractivity contribution is 5.90. The van der Waals surface area contributed by atoms with Crippen LogP contribution < -0.4 is 0 Å². The summed E-state index contributed by atoms with van der Waals surface area (Å²) in [6.45, 7) is 8.90. The molecule has 0 fully saturated rings. The number of hydrogen-bond donors (Lipinski definition) is 1. The molecule has 142 valence electrons. The summed E-state index contributed by atoms with van der Waals surface area (Å²) in [4.78, 5) is 11.9. The van der Waals surface area contributed by atoms with Crippen LogP contribution in [0.4, 0.5) is 0 Å². The Morgan fingerprint density at radius 3 is 1.92 bits per heavy atom. The van der Waals surface area contributed by atoms with E-state index in [0.717, 1.165) is 24.8 Å². The van der Waals surface area contributed by atoms with Crippen LogP contribution in [0.25, 0.3) is 0 Å². The summed E-state index contributed by atoms with van der Waals surface area (Å²) in [6, 6.07) is 5.95. The molecule has 0 bridgehead atoms. The second-order valence-corrected chi connectivity index (χ2v) is 7.32. The molecule has 0 aliphatic heterocycles. The maximum absolute atomic E-state index is 11.9. The van der Waals surface area contributed by atoms with Gasteiger partial charge in [0.1, 0.15) is 0 Å². The van der Waals surface area contributed by atoms with Crippen LogP contribution >= 0.6 is 0 Å². The number of carboxylic acid groups (broad SMARTS) is 1. The molecule has 0 radical (unpaired) electrons. The summed E-state index contributed by atoms with van der Waals surface area (Å²) < 4.78 is 0. The smallest absolute Gasteiger partial charge is 0.335 e. The first-order valence-electron chi connectivity index (χ1n) is 10.5. The molecule has 1 aromatic rings. The molecule has 0 aliphatic rings. The lowest BCUT2D eigenvalue weighted by molar-refractivity contribution is 0.0694. The predicted octanol–water partition coefficient (Wildman–Crippen LogP) is 7.53. The van der Waals surface area contributed by atoms with Crippen molar-refractivity contribution in [3.05, 3.63) is 34.9 Å². The van der Waals surface area contributed by atoms with Crippen LogP contribution in [-0.2, 0) is 0 Å². The van der Waals surface area contributed by atoms with Gasteiger partial charge < -0.3 is 5.11 Å².